The van der Waals surface area contributed by atoms with E-state index in [2.05, 4.69) is 27.7 Å². The van der Waals surface area contributed by atoms with E-state index in [0.717, 1.165) is 33.4 Å². The molecule has 0 spiro atoms. The SMILES string of the molecule is COC(=O)C1(C)CCc2c(I)nn(C(=O)c3c(Cl)cccc3C3CC3)c2C1. The van der Waals surface area contributed by atoms with Crippen LogP contribution in [0.1, 0.15) is 59.3 Å². The number of ether oxygens (including phenoxy) is 1. The van der Waals surface area contributed by atoms with Gasteiger partial charge in [0.15, 0.2) is 0 Å². The Bertz CT molecular complexity index is 951. The highest BCUT2D eigenvalue weighted by molar-refractivity contribution is 14.1. The second-order valence-electron chi connectivity index (χ2n) is 7.64. The largest absolute Gasteiger partial charge is 0.469 e. The van der Waals surface area contributed by atoms with Crippen molar-refractivity contribution in [2.24, 2.45) is 5.41 Å². The van der Waals surface area contributed by atoms with Crippen LogP contribution in [0.3, 0.4) is 0 Å². The minimum Gasteiger partial charge on any atom is -0.469 e. The van der Waals surface area contributed by atoms with E-state index in [-0.39, 0.29) is 11.9 Å². The number of fused-ring (bicyclic) bond motifs is 1. The van der Waals surface area contributed by atoms with Crippen molar-refractivity contribution in [1.29, 1.82) is 0 Å². The zero-order chi connectivity index (χ0) is 19.3. The summed E-state index contributed by atoms with van der Waals surface area (Å²) in [5.41, 5.74) is 2.73. The maximum atomic E-state index is 13.5. The average molecular weight is 499 g/mol. The molecule has 2 aliphatic rings. The van der Waals surface area contributed by atoms with Crippen molar-refractivity contribution in [2.75, 3.05) is 7.11 Å². The van der Waals surface area contributed by atoms with Crippen LogP contribution in [-0.2, 0) is 22.4 Å². The van der Waals surface area contributed by atoms with E-state index < -0.39 is 5.41 Å². The predicted molar refractivity (Wildman–Crippen MR) is 110 cm³/mol. The van der Waals surface area contributed by atoms with Crippen molar-refractivity contribution < 1.29 is 14.3 Å². The van der Waals surface area contributed by atoms with Crippen LogP contribution in [-0.4, -0.2) is 28.8 Å². The first-order valence-corrected chi connectivity index (χ1v) is 10.5. The van der Waals surface area contributed by atoms with E-state index in [1.165, 1.54) is 11.8 Å². The van der Waals surface area contributed by atoms with Crippen LogP contribution in [0.25, 0.3) is 0 Å². The summed E-state index contributed by atoms with van der Waals surface area (Å²) in [4.78, 5) is 25.8. The van der Waals surface area contributed by atoms with Crippen LogP contribution in [0.15, 0.2) is 18.2 Å². The van der Waals surface area contributed by atoms with E-state index in [9.17, 15) is 9.59 Å². The van der Waals surface area contributed by atoms with Crippen molar-refractivity contribution in [3.05, 3.63) is 49.3 Å². The third-order valence-corrected chi connectivity index (χ3v) is 6.85. The molecule has 0 radical (unpaired) electrons. The van der Waals surface area contributed by atoms with Gasteiger partial charge in [0.05, 0.1) is 28.8 Å². The Morgan fingerprint density at radius 2 is 2.11 bits per heavy atom. The van der Waals surface area contributed by atoms with Gasteiger partial charge in [-0.3, -0.25) is 9.59 Å². The first-order chi connectivity index (χ1) is 12.9. The van der Waals surface area contributed by atoms with E-state index >= 15 is 0 Å². The van der Waals surface area contributed by atoms with Crippen molar-refractivity contribution in [3.8, 4) is 0 Å². The lowest BCUT2D eigenvalue weighted by Gasteiger charge is -2.31. The van der Waals surface area contributed by atoms with Gasteiger partial charge in [0.25, 0.3) is 5.91 Å². The lowest BCUT2D eigenvalue weighted by molar-refractivity contribution is -0.152. The first kappa shape index (κ1) is 18.9. The summed E-state index contributed by atoms with van der Waals surface area (Å²) in [6, 6.07) is 5.62. The Kier molecular flexibility index (Phi) is 4.83. The van der Waals surface area contributed by atoms with E-state index in [0.29, 0.717) is 35.8 Å². The zero-order valence-electron chi connectivity index (χ0n) is 15.2. The molecule has 0 amide bonds. The fourth-order valence-corrected chi connectivity index (χ4v) is 5.00. The van der Waals surface area contributed by atoms with E-state index in [4.69, 9.17) is 16.3 Å². The molecule has 1 heterocycles. The smallest absolute Gasteiger partial charge is 0.311 e. The topological polar surface area (TPSA) is 61.2 Å². The lowest BCUT2D eigenvalue weighted by Crippen LogP contribution is -2.36. The summed E-state index contributed by atoms with van der Waals surface area (Å²) in [6.07, 6.45) is 3.97. The molecular weight excluding hydrogens is 479 g/mol. The van der Waals surface area contributed by atoms with Gasteiger partial charge in [0, 0.05) is 12.0 Å². The summed E-state index contributed by atoms with van der Waals surface area (Å²) >= 11 is 8.59. The van der Waals surface area contributed by atoms with Crippen molar-refractivity contribution in [3.63, 3.8) is 0 Å². The molecule has 1 aromatic heterocycles. The van der Waals surface area contributed by atoms with Gasteiger partial charge in [-0.15, -0.1) is 0 Å². The second-order valence-corrected chi connectivity index (χ2v) is 9.07. The molecule has 1 unspecified atom stereocenters. The summed E-state index contributed by atoms with van der Waals surface area (Å²) in [6.45, 7) is 1.89. The Balaban J connectivity index is 1.79. The molecule has 5 nitrogen and oxygen atoms in total. The molecule has 0 saturated heterocycles. The molecule has 142 valence electrons. The van der Waals surface area contributed by atoms with Crippen molar-refractivity contribution in [2.45, 2.75) is 44.9 Å². The highest BCUT2D eigenvalue weighted by atomic mass is 127. The van der Waals surface area contributed by atoms with Gasteiger partial charge in [-0.1, -0.05) is 23.7 Å². The number of halogens is 2. The van der Waals surface area contributed by atoms with Crippen LogP contribution in [0, 0.1) is 9.12 Å². The molecule has 1 saturated carbocycles. The molecule has 0 bridgehead atoms. The molecule has 0 aliphatic heterocycles. The number of carbonyl (C=O) groups excluding carboxylic acids is 2. The maximum absolute atomic E-state index is 13.5. The quantitative estimate of drug-likeness (QED) is 0.466. The van der Waals surface area contributed by atoms with Crippen LogP contribution >= 0.6 is 34.2 Å². The molecule has 2 aromatic rings. The number of methoxy groups -OCH3 is 1. The first-order valence-electron chi connectivity index (χ1n) is 9.03. The van der Waals surface area contributed by atoms with Gasteiger partial charge in [-0.05, 0) is 72.7 Å². The number of aromatic nitrogens is 2. The van der Waals surface area contributed by atoms with E-state index in [1.54, 1.807) is 6.07 Å². The summed E-state index contributed by atoms with van der Waals surface area (Å²) in [7, 11) is 1.40. The standard InChI is InChI=1S/C20H20ClIN2O3/c1-20(19(26)27-2)9-8-13-15(10-20)24(23-17(13)22)18(25)16-12(11-6-7-11)4-3-5-14(16)21/h3-5,11H,6-10H2,1-2H3. The average Bonchev–Trinajstić information content (AvgIpc) is 3.45. The van der Waals surface area contributed by atoms with Crippen molar-refractivity contribution >= 4 is 46.1 Å². The zero-order valence-corrected chi connectivity index (χ0v) is 18.1. The third-order valence-electron chi connectivity index (χ3n) is 5.67. The highest BCUT2D eigenvalue weighted by Crippen LogP contribution is 2.44. The van der Waals surface area contributed by atoms with Gasteiger partial charge in [0.2, 0.25) is 0 Å². The minimum absolute atomic E-state index is 0.212. The highest BCUT2D eigenvalue weighted by Gasteiger charge is 2.42. The molecule has 4 rings (SSSR count). The summed E-state index contributed by atoms with van der Waals surface area (Å²) < 4.78 is 7.27. The Morgan fingerprint density at radius 1 is 1.37 bits per heavy atom. The molecular formula is C20H20ClIN2O3. The number of rotatable bonds is 3. The number of benzene rings is 1. The molecule has 0 N–H and O–H groups in total. The number of hydrogen-bond acceptors (Lipinski definition) is 4. The van der Waals surface area contributed by atoms with Crippen molar-refractivity contribution in [1.82, 2.24) is 9.78 Å². The fraction of sp³-hybridized carbons (Fsp3) is 0.450. The van der Waals surface area contributed by atoms with Crippen LogP contribution < -0.4 is 0 Å². The Hall–Kier alpha value is -1.41. The molecule has 2 aliphatic carbocycles. The Labute approximate surface area is 176 Å². The second kappa shape index (κ2) is 6.88. The molecule has 1 atom stereocenters. The molecule has 1 aromatic carbocycles. The maximum Gasteiger partial charge on any atom is 0.311 e. The Morgan fingerprint density at radius 3 is 2.78 bits per heavy atom. The number of carbonyl (C=O) groups is 2. The van der Waals surface area contributed by atoms with E-state index in [1.807, 2.05) is 19.1 Å². The number of hydrogen-bond donors (Lipinski definition) is 0. The monoisotopic (exact) mass is 498 g/mol. The van der Waals surface area contributed by atoms with Gasteiger partial charge in [-0.2, -0.15) is 9.78 Å². The number of esters is 1. The van der Waals surface area contributed by atoms with Gasteiger partial charge in [0.1, 0.15) is 3.70 Å². The van der Waals surface area contributed by atoms with Gasteiger partial charge < -0.3 is 4.74 Å². The third kappa shape index (κ3) is 3.20. The van der Waals surface area contributed by atoms with Gasteiger partial charge >= 0.3 is 5.97 Å². The lowest BCUT2D eigenvalue weighted by atomic mass is 9.75. The summed E-state index contributed by atoms with van der Waals surface area (Å²) in [5.74, 6) is -0.0657. The normalized spacial score (nSPS) is 21.6. The van der Waals surface area contributed by atoms with Crippen LogP contribution in [0.2, 0.25) is 5.02 Å². The number of nitrogens with zero attached hydrogens (tertiary/aromatic N) is 2. The molecule has 27 heavy (non-hydrogen) atoms. The van der Waals surface area contributed by atoms with Crippen LogP contribution in [0.5, 0.6) is 0 Å². The molecule has 1 fully saturated rings. The van der Waals surface area contributed by atoms with Crippen LogP contribution in [0.4, 0.5) is 0 Å². The predicted octanol–water partition coefficient (Wildman–Crippen LogP) is 4.38. The minimum atomic E-state index is -0.650. The van der Waals surface area contributed by atoms with Gasteiger partial charge in [-0.25, -0.2) is 0 Å². The summed E-state index contributed by atoms with van der Waals surface area (Å²) in [5, 5.41) is 4.98. The molecule has 7 heteroatoms. The fourth-order valence-electron chi connectivity index (χ4n) is 3.94.